The van der Waals surface area contributed by atoms with Gasteiger partial charge in [0.25, 0.3) is 0 Å². The Morgan fingerprint density at radius 1 is 1.39 bits per heavy atom. The zero-order chi connectivity index (χ0) is 13.0. The van der Waals surface area contributed by atoms with Crippen LogP contribution >= 0.6 is 15.9 Å². The smallest absolute Gasteiger partial charge is 0.170 e. The van der Waals surface area contributed by atoms with Gasteiger partial charge in [0.15, 0.2) is 5.78 Å². The van der Waals surface area contributed by atoms with Crippen LogP contribution in [0.25, 0.3) is 0 Å². The number of aromatic nitrogens is 1. The highest BCUT2D eigenvalue weighted by atomic mass is 79.9. The summed E-state index contributed by atoms with van der Waals surface area (Å²) < 4.78 is 6.48. The van der Waals surface area contributed by atoms with Gasteiger partial charge in [-0.05, 0) is 40.9 Å². The normalized spacial score (nSPS) is 18.6. The average molecular weight is 312 g/mol. The number of carbonyl (C=O) groups is 1. The van der Waals surface area contributed by atoms with Gasteiger partial charge in [-0.1, -0.05) is 19.3 Å². The van der Waals surface area contributed by atoms with Gasteiger partial charge in [-0.2, -0.15) is 0 Å². The Labute approximate surface area is 116 Å². The van der Waals surface area contributed by atoms with Gasteiger partial charge in [0.05, 0.1) is 6.42 Å². The highest BCUT2D eigenvalue weighted by Gasteiger charge is 2.39. The monoisotopic (exact) mass is 311 g/mol. The molecule has 1 heterocycles. The van der Waals surface area contributed by atoms with Crippen LogP contribution in [0.1, 0.15) is 37.8 Å². The summed E-state index contributed by atoms with van der Waals surface area (Å²) in [7, 11) is 1.65. The molecule has 1 aromatic heterocycles. The minimum Gasteiger partial charge on any atom is -0.370 e. The van der Waals surface area contributed by atoms with E-state index in [0.717, 1.165) is 35.8 Å². The minimum atomic E-state index is -0.562. The molecule has 1 fully saturated rings. The number of Topliss-reactive ketones (excluding diaryl/α,β-unsaturated/α-hetero) is 1. The molecule has 0 atom stereocenters. The number of nitrogens with zero attached hydrogens (tertiary/aromatic N) is 1. The average Bonchev–Trinajstić information content (AvgIpc) is 2.42. The molecule has 0 aromatic carbocycles. The minimum absolute atomic E-state index is 0.166. The Bertz CT molecular complexity index is 410. The molecule has 0 unspecified atom stereocenters. The molecule has 0 amide bonds. The van der Waals surface area contributed by atoms with Crippen LogP contribution in [0.2, 0.25) is 0 Å². The number of hydrogen-bond acceptors (Lipinski definition) is 3. The van der Waals surface area contributed by atoms with Crippen molar-refractivity contribution in [3.63, 3.8) is 0 Å². The molecule has 0 radical (unpaired) electrons. The second kappa shape index (κ2) is 5.93. The summed E-state index contributed by atoms with van der Waals surface area (Å²) in [6.07, 6.45) is 7.14. The molecular weight excluding hydrogens is 294 g/mol. The van der Waals surface area contributed by atoms with E-state index in [9.17, 15) is 4.79 Å². The van der Waals surface area contributed by atoms with Crippen molar-refractivity contribution in [1.82, 2.24) is 4.98 Å². The third kappa shape index (κ3) is 2.98. The first kappa shape index (κ1) is 13.7. The van der Waals surface area contributed by atoms with E-state index in [-0.39, 0.29) is 5.78 Å². The summed E-state index contributed by atoms with van der Waals surface area (Å²) in [6, 6.07) is 3.80. The summed E-state index contributed by atoms with van der Waals surface area (Å²) >= 11 is 3.34. The fraction of sp³-hybridized carbons (Fsp3) is 0.571. The SMILES string of the molecule is COC1(C(=O)Cc2ccc(Br)cn2)CCCCC1. The van der Waals surface area contributed by atoms with Gasteiger partial charge in [-0.3, -0.25) is 9.78 Å². The lowest BCUT2D eigenvalue weighted by Gasteiger charge is -2.34. The van der Waals surface area contributed by atoms with Gasteiger partial charge in [-0.15, -0.1) is 0 Å². The molecule has 0 aliphatic heterocycles. The fourth-order valence-corrected chi connectivity index (χ4v) is 2.79. The highest BCUT2D eigenvalue weighted by molar-refractivity contribution is 9.10. The predicted octanol–water partition coefficient (Wildman–Crippen LogP) is 3.31. The summed E-state index contributed by atoms with van der Waals surface area (Å²) in [5.41, 5.74) is 0.248. The molecule has 98 valence electrons. The van der Waals surface area contributed by atoms with Crippen molar-refractivity contribution >= 4 is 21.7 Å². The number of rotatable bonds is 4. The van der Waals surface area contributed by atoms with Crippen LogP contribution in [0.3, 0.4) is 0 Å². The van der Waals surface area contributed by atoms with E-state index in [2.05, 4.69) is 20.9 Å². The van der Waals surface area contributed by atoms with E-state index in [1.165, 1.54) is 6.42 Å². The molecule has 1 aliphatic rings. The van der Waals surface area contributed by atoms with Crippen LogP contribution in [0.15, 0.2) is 22.8 Å². The Kier molecular flexibility index (Phi) is 4.51. The van der Waals surface area contributed by atoms with Gasteiger partial charge < -0.3 is 4.74 Å². The summed E-state index contributed by atoms with van der Waals surface area (Å²) in [5.74, 6) is 0.166. The second-order valence-electron chi connectivity index (χ2n) is 4.83. The topological polar surface area (TPSA) is 39.2 Å². The molecule has 1 saturated carbocycles. The molecule has 0 bridgehead atoms. The van der Waals surface area contributed by atoms with Crippen molar-refractivity contribution in [2.45, 2.75) is 44.1 Å². The maximum atomic E-state index is 12.4. The van der Waals surface area contributed by atoms with Crippen LogP contribution in [0.4, 0.5) is 0 Å². The number of halogens is 1. The van der Waals surface area contributed by atoms with E-state index in [1.807, 2.05) is 12.1 Å². The first-order chi connectivity index (χ1) is 8.66. The van der Waals surface area contributed by atoms with Crippen LogP contribution in [0, 0.1) is 0 Å². The quantitative estimate of drug-likeness (QED) is 0.856. The maximum absolute atomic E-state index is 12.4. The predicted molar refractivity (Wildman–Crippen MR) is 73.5 cm³/mol. The molecule has 18 heavy (non-hydrogen) atoms. The molecule has 0 saturated heterocycles. The van der Waals surface area contributed by atoms with Gasteiger partial charge in [0.1, 0.15) is 5.60 Å². The van der Waals surface area contributed by atoms with Crippen LogP contribution in [-0.2, 0) is 16.0 Å². The van der Waals surface area contributed by atoms with E-state index >= 15 is 0 Å². The molecule has 3 nitrogen and oxygen atoms in total. The first-order valence-electron chi connectivity index (χ1n) is 6.35. The lowest BCUT2D eigenvalue weighted by molar-refractivity contribution is -0.144. The van der Waals surface area contributed by atoms with Crippen molar-refractivity contribution in [3.05, 3.63) is 28.5 Å². The van der Waals surface area contributed by atoms with E-state index in [0.29, 0.717) is 6.42 Å². The van der Waals surface area contributed by atoms with Crippen molar-refractivity contribution < 1.29 is 9.53 Å². The third-order valence-corrected chi connectivity index (χ3v) is 4.16. The van der Waals surface area contributed by atoms with E-state index in [4.69, 9.17) is 4.74 Å². The highest BCUT2D eigenvalue weighted by Crippen LogP contribution is 2.32. The molecule has 2 rings (SSSR count). The van der Waals surface area contributed by atoms with Gasteiger partial charge >= 0.3 is 0 Å². The number of ketones is 1. The van der Waals surface area contributed by atoms with Crippen molar-refractivity contribution in [3.8, 4) is 0 Å². The Morgan fingerprint density at radius 2 is 2.11 bits per heavy atom. The van der Waals surface area contributed by atoms with Crippen molar-refractivity contribution in [2.75, 3.05) is 7.11 Å². The third-order valence-electron chi connectivity index (χ3n) is 3.69. The Hall–Kier alpha value is -0.740. The number of pyridine rings is 1. The van der Waals surface area contributed by atoms with Gasteiger partial charge in [-0.25, -0.2) is 0 Å². The van der Waals surface area contributed by atoms with E-state index in [1.54, 1.807) is 13.3 Å². The number of hydrogen-bond donors (Lipinski definition) is 0. The number of methoxy groups -OCH3 is 1. The fourth-order valence-electron chi connectivity index (χ4n) is 2.56. The standard InChI is InChI=1S/C14H18BrNO2/c1-18-14(7-3-2-4-8-14)13(17)9-12-6-5-11(15)10-16-12/h5-6,10H,2-4,7-9H2,1H3. The summed E-state index contributed by atoms with van der Waals surface area (Å²) in [4.78, 5) is 16.7. The van der Waals surface area contributed by atoms with Gasteiger partial charge in [0.2, 0.25) is 0 Å². The second-order valence-corrected chi connectivity index (χ2v) is 5.74. The molecule has 0 spiro atoms. The summed E-state index contributed by atoms with van der Waals surface area (Å²) in [5, 5.41) is 0. The molecule has 0 N–H and O–H groups in total. The molecule has 1 aromatic rings. The summed E-state index contributed by atoms with van der Waals surface area (Å²) in [6.45, 7) is 0. The Morgan fingerprint density at radius 3 is 2.67 bits per heavy atom. The van der Waals surface area contributed by atoms with Crippen LogP contribution < -0.4 is 0 Å². The maximum Gasteiger partial charge on any atom is 0.170 e. The van der Waals surface area contributed by atoms with Crippen LogP contribution in [0.5, 0.6) is 0 Å². The number of ether oxygens (including phenoxy) is 1. The largest absolute Gasteiger partial charge is 0.370 e. The zero-order valence-corrected chi connectivity index (χ0v) is 12.2. The molecule has 4 heteroatoms. The number of carbonyl (C=O) groups excluding carboxylic acids is 1. The zero-order valence-electron chi connectivity index (χ0n) is 10.6. The van der Waals surface area contributed by atoms with Crippen molar-refractivity contribution in [2.24, 2.45) is 0 Å². The first-order valence-corrected chi connectivity index (χ1v) is 7.14. The van der Waals surface area contributed by atoms with E-state index < -0.39 is 5.60 Å². The lowest BCUT2D eigenvalue weighted by Crippen LogP contribution is -2.43. The van der Waals surface area contributed by atoms with Crippen LogP contribution in [-0.4, -0.2) is 23.5 Å². The lowest BCUT2D eigenvalue weighted by atomic mass is 9.80. The van der Waals surface area contributed by atoms with Gasteiger partial charge in [0, 0.05) is 23.5 Å². The van der Waals surface area contributed by atoms with Crippen molar-refractivity contribution in [1.29, 1.82) is 0 Å². The Balaban J connectivity index is 2.07. The molecular formula is C14H18BrNO2. The molecule has 1 aliphatic carbocycles.